The standard InChI is InChI=1S/C18H22N2O4S/c1-23-12-13-24-16-6-8-17(9-7-16)25(21,22)20-11-10-19-14-15-4-2-3-5-18(15)20/h2-9,19H,10-14H2,1H3. The minimum absolute atomic E-state index is 0.253. The second-order valence-electron chi connectivity index (χ2n) is 5.70. The van der Waals surface area contributed by atoms with Crippen LogP contribution in [0.1, 0.15) is 5.56 Å². The molecule has 1 heterocycles. The summed E-state index contributed by atoms with van der Waals surface area (Å²) in [7, 11) is -2.02. The van der Waals surface area contributed by atoms with Crippen molar-refractivity contribution in [3.05, 3.63) is 54.1 Å². The lowest BCUT2D eigenvalue weighted by Crippen LogP contribution is -2.34. The van der Waals surface area contributed by atoms with Gasteiger partial charge in [0.25, 0.3) is 10.0 Å². The number of nitrogens with zero attached hydrogens (tertiary/aromatic N) is 1. The Morgan fingerprint density at radius 2 is 1.84 bits per heavy atom. The molecule has 3 rings (SSSR count). The van der Waals surface area contributed by atoms with E-state index in [9.17, 15) is 8.42 Å². The van der Waals surface area contributed by atoms with Gasteiger partial charge in [-0.2, -0.15) is 0 Å². The molecule has 0 spiro atoms. The molecule has 0 unspecified atom stereocenters. The summed E-state index contributed by atoms with van der Waals surface area (Å²) in [6.07, 6.45) is 0. The van der Waals surface area contributed by atoms with Gasteiger partial charge in [0.2, 0.25) is 0 Å². The molecule has 0 atom stereocenters. The molecule has 134 valence electrons. The molecule has 2 aromatic rings. The van der Waals surface area contributed by atoms with Gasteiger partial charge in [0.1, 0.15) is 12.4 Å². The Morgan fingerprint density at radius 1 is 1.08 bits per heavy atom. The van der Waals surface area contributed by atoms with E-state index in [0.29, 0.717) is 38.6 Å². The fourth-order valence-corrected chi connectivity index (χ4v) is 4.26. The van der Waals surface area contributed by atoms with Crippen molar-refractivity contribution in [1.29, 1.82) is 0 Å². The number of ether oxygens (including phenoxy) is 2. The zero-order valence-corrected chi connectivity index (χ0v) is 15.0. The van der Waals surface area contributed by atoms with Gasteiger partial charge in [-0.05, 0) is 35.9 Å². The first-order valence-corrected chi connectivity index (χ1v) is 9.60. The Bertz CT molecular complexity index is 806. The smallest absolute Gasteiger partial charge is 0.264 e. The molecule has 1 aliphatic rings. The second kappa shape index (κ2) is 7.86. The van der Waals surface area contributed by atoms with Crippen molar-refractivity contribution in [2.45, 2.75) is 11.4 Å². The van der Waals surface area contributed by atoms with Crippen molar-refractivity contribution in [3.63, 3.8) is 0 Å². The summed E-state index contributed by atoms with van der Waals surface area (Å²) in [4.78, 5) is 0.253. The number of hydrogen-bond donors (Lipinski definition) is 1. The third kappa shape index (κ3) is 3.95. The number of fused-ring (bicyclic) bond motifs is 1. The molecule has 0 saturated carbocycles. The van der Waals surface area contributed by atoms with E-state index in [1.54, 1.807) is 31.4 Å². The topological polar surface area (TPSA) is 67.9 Å². The summed E-state index contributed by atoms with van der Waals surface area (Å²) in [5.74, 6) is 0.619. The minimum atomic E-state index is -3.63. The van der Waals surface area contributed by atoms with Crippen molar-refractivity contribution in [1.82, 2.24) is 5.32 Å². The predicted molar refractivity (Wildman–Crippen MR) is 96.5 cm³/mol. The molecule has 0 radical (unpaired) electrons. The average Bonchev–Trinajstić information content (AvgIpc) is 2.85. The minimum Gasteiger partial charge on any atom is -0.491 e. The van der Waals surface area contributed by atoms with Crippen LogP contribution >= 0.6 is 0 Å². The first kappa shape index (κ1) is 17.7. The molecular weight excluding hydrogens is 340 g/mol. The molecule has 25 heavy (non-hydrogen) atoms. The molecule has 7 heteroatoms. The Kier molecular flexibility index (Phi) is 5.57. The lowest BCUT2D eigenvalue weighted by atomic mass is 10.2. The third-order valence-corrected chi connectivity index (χ3v) is 5.86. The van der Waals surface area contributed by atoms with Gasteiger partial charge in [0.15, 0.2) is 0 Å². The Hall–Kier alpha value is -2.09. The van der Waals surface area contributed by atoms with Crippen LogP contribution in [0.25, 0.3) is 0 Å². The number of anilines is 1. The highest BCUT2D eigenvalue weighted by Crippen LogP contribution is 2.29. The summed E-state index contributed by atoms with van der Waals surface area (Å²) in [6, 6.07) is 14.1. The molecule has 2 aromatic carbocycles. The van der Waals surface area contributed by atoms with Crippen molar-refractivity contribution in [2.24, 2.45) is 0 Å². The largest absolute Gasteiger partial charge is 0.491 e. The Morgan fingerprint density at radius 3 is 2.60 bits per heavy atom. The number of para-hydroxylation sites is 1. The van der Waals surface area contributed by atoms with Crippen LogP contribution in [-0.2, 0) is 21.3 Å². The average molecular weight is 362 g/mol. The number of hydrogen-bond acceptors (Lipinski definition) is 5. The molecular formula is C18H22N2O4S. The summed E-state index contributed by atoms with van der Waals surface area (Å²) < 4.78 is 38.1. The quantitative estimate of drug-likeness (QED) is 0.796. The van der Waals surface area contributed by atoms with Crippen molar-refractivity contribution < 1.29 is 17.9 Å². The van der Waals surface area contributed by atoms with Crippen LogP contribution in [0.2, 0.25) is 0 Å². The maximum atomic E-state index is 13.1. The van der Waals surface area contributed by atoms with E-state index in [1.165, 1.54) is 4.31 Å². The van der Waals surface area contributed by atoms with E-state index in [4.69, 9.17) is 9.47 Å². The fraction of sp³-hybridized carbons (Fsp3) is 0.333. The molecule has 0 fully saturated rings. The zero-order chi connectivity index (χ0) is 17.7. The molecule has 0 bridgehead atoms. The van der Waals surface area contributed by atoms with Crippen LogP contribution in [0.4, 0.5) is 5.69 Å². The van der Waals surface area contributed by atoms with E-state index in [-0.39, 0.29) is 4.90 Å². The van der Waals surface area contributed by atoms with E-state index >= 15 is 0 Å². The van der Waals surface area contributed by atoms with Gasteiger partial charge in [-0.1, -0.05) is 18.2 Å². The SMILES string of the molecule is COCCOc1ccc(S(=O)(=O)N2CCNCc3ccccc32)cc1. The molecule has 1 N–H and O–H groups in total. The highest BCUT2D eigenvalue weighted by molar-refractivity contribution is 7.92. The molecule has 0 aromatic heterocycles. The van der Waals surface area contributed by atoms with E-state index in [0.717, 1.165) is 11.3 Å². The molecule has 0 saturated heterocycles. The van der Waals surface area contributed by atoms with Crippen molar-refractivity contribution in [2.75, 3.05) is 37.7 Å². The number of sulfonamides is 1. The van der Waals surface area contributed by atoms with Gasteiger partial charge in [-0.15, -0.1) is 0 Å². The first-order chi connectivity index (χ1) is 12.1. The van der Waals surface area contributed by atoms with Gasteiger partial charge >= 0.3 is 0 Å². The Balaban J connectivity index is 1.86. The normalized spacial score (nSPS) is 14.7. The van der Waals surface area contributed by atoms with Crippen molar-refractivity contribution in [3.8, 4) is 5.75 Å². The summed E-state index contributed by atoms with van der Waals surface area (Å²) >= 11 is 0. The van der Waals surface area contributed by atoms with E-state index in [2.05, 4.69) is 5.32 Å². The maximum absolute atomic E-state index is 13.1. The van der Waals surface area contributed by atoms with E-state index in [1.807, 2.05) is 24.3 Å². The highest BCUT2D eigenvalue weighted by atomic mass is 32.2. The lowest BCUT2D eigenvalue weighted by Gasteiger charge is -2.24. The Labute approximate surface area is 148 Å². The summed E-state index contributed by atoms with van der Waals surface area (Å²) in [5.41, 5.74) is 1.70. The van der Waals surface area contributed by atoms with Crippen molar-refractivity contribution >= 4 is 15.7 Å². The third-order valence-electron chi connectivity index (χ3n) is 4.04. The van der Waals surface area contributed by atoms with Crippen LogP contribution in [0.15, 0.2) is 53.4 Å². The molecule has 0 aliphatic carbocycles. The monoisotopic (exact) mass is 362 g/mol. The zero-order valence-electron chi connectivity index (χ0n) is 14.1. The number of methoxy groups -OCH3 is 1. The number of nitrogens with one attached hydrogen (secondary N) is 1. The highest BCUT2D eigenvalue weighted by Gasteiger charge is 2.27. The van der Waals surface area contributed by atoms with E-state index < -0.39 is 10.0 Å². The van der Waals surface area contributed by atoms with Gasteiger partial charge in [0.05, 0.1) is 17.2 Å². The van der Waals surface area contributed by atoms with Gasteiger partial charge in [0, 0.05) is 26.7 Å². The van der Waals surface area contributed by atoms with Crippen LogP contribution in [0.5, 0.6) is 5.75 Å². The molecule has 0 amide bonds. The molecule has 6 nitrogen and oxygen atoms in total. The van der Waals surface area contributed by atoms with Crippen LogP contribution in [-0.4, -0.2) is 41.8 Å². The fourth-order valence-electron chi connectivity index (χ4n) is 2.76. The van der Waals surface area contributed by atoms with Crippen LogP contribution in [0.3, 0.4) is 0 Å². The van der Waals surface area contributed by atoms with Crippen LogP contribution in [0, 0.1) is 0 Å². The van der Waals surface area contributed by atoms with Crippen LogP contribution < -0.4 is 14.4 Å². The predicted octanol–water partition coefficient (Wildman–Crippen LogP) is 2.01. The lowest BCUT2D eigenvalue weighted by molar-refractivity contribution is 0.146. The molecule has 1 aliphatic heterocycles. The summed E-state index contributed by atoms with van der Waals surface area (Å²) in [6.45, 7) is 2.57. The first-order valence-electron chi connectivity index (χ1n) is 8.16. The number of benzene rings is 2. The van der Waals surface area contributed by atoms with Gasteiger partial charge < -0.3 is 14.8 Å². The summed E-state index contributed by atoms with van der Waals surface area (Å²) in [5, 5.41) is 3.26. The van der Waals surface area contributed by atoms with Gasteiger partial charge in [-0.3, -0.25) is 4.31 Å². The second-order valence-corrected chi connectivity index (χ2v) is 7.56. The van der Waals surface area contributed by atoms with Gasteiger partial charge in [-0.25, -0.2) is 8.42 Å². The number of rotatable bonds is 6. The maximum Gasteiger partial charge on any atom is 0.264 e.